The van der Waals surface area contributed by atoms with Crippen molar-refractivity contribution in [2.45, 2.75) is 32.9 Å². The van der Waals surface area contributed by atoms with Crippen molar-refractivity contribution in [1.82, 2.24) is 9.88 Å². The Morgan fingerprint density at radius 2 is 2.26 bits per heavy atom. The van der Waals surface area contributed by atoms with Crippen molar-refractivity contribution in [2.75, 3.05) is 20.3 Å². The monoisotopic (exact) mass is 268 g/mol. The molecule has 108 valence electrons. The van der Waals surface area contributed by atoms with E-state index in [9.17, 15) is 9.90 Å². The Balaban J connectivity index is 2.47. The number of ether oxygens (including phenoxy) is 1. The number of amides is 1. The number of methoxy groups -OCH3 is 1. The Hall–Kier alpha value is -1.33. The molecule has 1 rings (SSSR count). The Morgan fingerprint density at radius 1 is 1.53 bits per heavy atom. The van der Waals surface area contributed by atoms with Crippen molar-refractivity contribution in [3.63, 3.8) is 0 Å². The minimum atomic E-state index is -0.494. The summed E-state index contributed by atoms with van der Waals surface area (Å²) in [5.74, 6) is 0.251. The first-order valence-electron chi connectivity index (χ1n) is 6.65. The number of carbonyl (C=O) groups is 1. The molecule has 0 bridgehead atoms. The van der Waals surface area contributed by atoms with Gasteiger partial charge in [-0.3, -0.25) is 4.79 Å². The van der Waals surface area contributed by atoms with E-state index < -0.39 is 6.10 Å². The van der Waals surface area contributed by atoms with Gasteiger partial charge in [-0.15, -0.1) is 0 Å². The SMILES string of the molecule is COCCn1cccc1C(=O)NCC(O)CC(C)C. The highest BCUT2D eigenvalue weighted by molar-refractivity contribution is 5.92. The highest BCUT2D eigenvalue weighted by atomic mass is 16.5. The van der Waals surface area contributed by atoms with Gasteiger partial charge in [-0.05, 0) is 24.5 Å². The third kappa shape index (κ3) is 5.44. The van der Waals surface area contributed by atoms with Crippen LogP contribution in [0.4, 0.5) is 0 Å². The molecule has 0 aliphatic carbocycles. The Bertz CT molecular complexity index is 388. The normalized spacial score (nSPS) is 12.7. The topological polar surface area (TPSA) is 63.5 Å². The van der Waals surface area contributed by atoms with Gasteiger partial charge in [0.1, 0.15) is 5.69 Å². The average Bonchev–Trinajstić information content (AvgIpc) is 2.80. The van der Waals surface area contributed by atoms with E-state index in [1.165, 1.54) is 0 Å². The Kier molecular flexibility index (Phi) is 6.59. The van der Waals surface area contributed by atoms with E-state index in [4.69, 9.17) is 4.74 Å². The van der Waals surface area contributed by atoms with Gasteiger partial charge in [0, 0.05) is 26.4 Å². The molecule has 2 N–H and O–H groups in total. The van der Waals surface area contributed by atoms with Gasteiger partial charge >= 0.3 is 0 Å². The second-order valence-electron chi connectivity index (χ2n) is 5.07. The zero-order valence-electron chi connectivity index (χ0n) is 11.9. The van der Waals surface area contributed by atoms with Crippen LogP contribution in [0.15, 0.2) is 18.3 Å². The average molecular weight is 268 g/mol. The van der Waals surface area contributed by atoms with Crippen molar-refractivity contribution in [3.05, 3.63) is 24.0 Å². The smallest absolute Gasteiger partial charge is 0.267 e. The van der Waals surface area contributed by atoms with E-state index in [-0.39, 0.29) is 12.5 Å². The van der Waals surface area contributed by atoms with E-state index in [1.54, 1.807) is 13.2 Å². The van der Waals surface area contributed by atoms with Crippen molar-refractivity contribution in [2.24, 2.45) is 5.92 Å². The van der Waals surface area contributed by atoms with Crippen LogP contribution < -0.4 is 5.32 Å². The molecule has 19 heavy (non-hydrogen) atoms. The summed E-state index contributed by atoms with van der Waals surface area (Å²) < 4.78 is 6.84. The molecule has 1 aromatic rings. The number of carbonyl (C=O) groups excluding carboxylic acids is 1. The predicted octanol–water partition coefficient (Wildman–Crippen LogP) is 1.27. The van der Waals surface area contributed by atoms with E-state index in [0.717, 1.165) is 0 Å². The molecule has 1 amide bonds. The van der Waals surface area contributed by atoms with Crippen LogP contribution in [0.3, 0.4) is 0 Å². The molecule has 1 heterocycles. The van der Waals surface area contributed by atoms with E-state index in [0.29, 0.717) is 31.2 Å². The van der Waals surface area contributed by atoms with Crippen LogP contribution in [0.2, 0.25) is 0 Å². The van der Waals surface area contributed by atoms with Gasteiger partial charge in [-0.25, -0.2) is 0 Å². The van der Waals surface area contributed by atoms with E-state index in [2.05, 4.69) is 5.32 Å². The lowest BCUT2D eigenvalue weighted by Gasteiger charge is -2.14. The van der Waals surface area contributed by atoms with Gasteiger partial charge in [0.15, 0.2) is 0 Å². The molecule has 0 saturated carbocycles. The molecule has 0 fully saturated rings. The maximum absolute atomic E-state index is 12.0. The lowest BCUT2D eigenvalue weighted by molar-refractivity contribution is 0.0889. The van der Waals surface area contributed by atoms with Crippen LogP contribution in [-0.4, -0.2) is 41.9 Å². The fourth-order valence-electron chi connectivity index (χ4n) is 1.93. The summed E-state index contributed by atoms with van der Waals surface area (Å²) >= 11 is 0. The number of nitrogens with zero attached hydrogens (tertiary/aromatic N) is 1. The van der Waals surface area contributed by atoms with Crippen molar-refractivity contribution >= 4 is 5.91 Å². The lowest BCUT2D eigenvalue weighted by Crippen LogP contribution is -2.34. The molecule has 0 saturated heterocycles. The molecule has 1 unspecified atom stereocenters. The van der Waals surface area contributed by atoms with Crippen LogP contribution in [0.25, 0.3) is 0 Å². The Morgan fingerprint density at radius 3 is 2.89 bits per heavy atom. The summed E-state index contributed by atoms with van der Waals surface area (Å²) in [5, 5.41) is 12.5. The van der Waals surface area contributed by atoms with E-state index >= 15 is 0 Å². The molecule has 5 nitrogen and oxygen atoms in total. The van der Waals surface area contributed by atoms with Crippen LogP contribution in [0, 0.1) is 5.92 Å². The molecule has 0 aromatic carbocycles. The zero-order chi connectivity index (χ0) is 14.3. The van der Waals surface area contributed by atoms with Crippen LogP contribution in [0.1, 0.15) is 30.8 Å². The number of rotatable bonds is 8. The number of aliphatic hydroxyl groups is 1. The second-order valence-corrected chi connectivity index (χ2v) is 5.07. The van der Waals surface area contributed by atoms with Gasteiger partial charge < -0.3 is 19.7 Å². The first kappa shape index (κ1) is 15.7. The molecule has 0 aliphatic rings. The van der Waals surface area contributed by atoms with Gasteiger partial charge in [-0.2, -0.15) is 0 Å². The summed E-state index contributed by atoms with van der Waals surface area (Å²) in [6.07, 6.45) is 2.04. The minimum absolute atomic E-state index is 0.163. The minimum Gasteiger partial charge on any atom is -0.391 e. The molecule has 0 radical (unpaired) electrons. The second kappa shape index (κ2) is 7.96. The standard InChI is InChI=1S/C14H24N2O3/c1-11(2)9-12(17)10-15-14(18)13-5-4-6-16(13)7-8-19-3/h4-6,11-12,17H,7-10H2,1-3H3,(H,15,18). The highest BCUT2D eigenvalue weighted by Gasteiger charge is 2.13. The number of nitrogens with one attached hydrogen (secondary N) is 1. The third-order valence-corrected chi connectivity index (χ3v) is 2.84. The first-order chi connectivity index (χ1) is 9.04. The first-order valence-corrected chi connectivity index (χ1v) is 6.65. The Labute approximate surface area is 114 Å². The van der Waals surface area contributed by atoms with E-state index in [1.807, 2.05) is 30.7 Å². The van der Waals surface area contributed by atoms with Crippen molar-refractivity contribution in [3.8, 4) is 0 Å². The fourth-order valence-corrected chi connectivity index (χ4v) is 1.93. The third-order valence-electron chi connectivity index (χ3n) is 2.84. The van der Waals surface area contributed by atoms with Crippen molar-refractivity contribution < 1.29 is 14.6 Å². The van der Waals surface area contributed by atoms with Crippen LogP contribution >= 0.6 is 0 Å². The van der Waals surface area contributed by atoms with Crippen LogP contribution in [-0.2, 0) is 11.3 Å². The fraction of sp³-hybridized carbons (Fsp3) is 0.643. The molecule has 0 aliphatic heterocycles. The van der Waals surface area contributed by atoms with Crippen molar-refractivity contribution in [1.29, 1.82) is 0 Å². The maximum Gasteiger partial charge on any atom is 0.267 e. The highest BCUT2D eigenvalue weighted by Crippen LogP contribution is 2.05. The summed E-state index contributed by atoms with van der Waals surface area (Å²) in [6, 6.07) is 3.59. The molecular formula is C14H24N2O3. The lowest BCUT2D eigenvalue weighted by atomic mass is 10.1. The number of hydrogen-bond donors (Lipinski definition) is 2. The number of aromatic nitrogens is 1. The summed E-state index contributed by atoms with van der Waals surface area (Å²) in [6.45, 7) is 5.57. The van der Waals surface area contributed by atoms with Gasteiger partial charge in [0.25, 0.3) is 5.91 Å². The van der Waals surface area contributed by atoms with Crippen LogP contribution in [0.5, 0.6) is 0 Å². The quantitative estimate of drug-likeness (QED) is 0.746. The number of aliphatic hydroxyl groups excluding tert-OH is 1. The largest absolute Gasteiger partial charge is 0.391 e. The summed E-state index contributed by atoms with van der Waals surface area (Å²) in [7, 11) is 1.63. The summed E-state index contributed by atoms with van der Waals surface area (Å²) in [5.41, 5.74) is 0.591. The zero-order valence-corrected chi connectivity index (χ0v) is 11.9. The molecule has 5 heteroatoms. The molecule has 1 aromatic heterocycles. The molecule has 1 atom stereocenters. The molecule has 0 spiro atoms. The van der Waals surface area contributed by atoms with Gasteiger partial charge in [0.2, 0.25) is 0 Å². The van der Waals surface area contributed by atoms with Gasteiger partial charge in [-0.1, -0.05) is 13.8 Å². The predicted molar refractivity (Wildman–Crippen MR) is 74.1 cm³/mol. The maximum atomic E-state index is 12.0. The number of hydrogen-bond acceptors (Lipinski definition) is 3. The summed E-state index contributed by atoms with van der Waals surface area (Å²) in [4.78, 5) is 12.0. The molecular weight excluding hydrogens is 244 g/mol. The van der Waals surface area contributed by atoms with Gasteiger partial charge in [0.05, 0.1) is 12.7 Å².